The average molecular weight is 196 g/mol. The number of anilines is 2. The zero-order valence-corrected chi connectivity index (χ0v) is 8.27. The molecule has 0 amide bonds. The first-order valence-electron chi connectivity index (χ1n) is 4.64. The molecule has 4 N–H and O–H groups in total. The number of nitrogens with two attached hydrogens (primary N) is 1. The Hall–Kier alpha value is -1.36. The molecule has 0 spiro atoms. The monoisotopic (exact) mass is 196 g/mol. The molecule has 78 valence electrons. The Labute approximate surface area is 83.4 Å². The summed E-state index contributed by atoms with van der Waals surface area (Å²) in [7, 11) is 0. The molecule has 0 bridgehead atoms. The number of aliphatic hydroxyl groups excluding tert-OH is 1. The molecule has 1 unspecified atom stereocenters. The van der Waals surface area contributed by atoms with Crippen LogP contribution in [0.5, 0.6) is 0 Å². The third-order valence-electron chi connectivity index (χ3n) is 1.90. The molecule has 0 aliphatic carbocycles. The Morgan fingerprint density at radius 2 is 2.14 bits per heavy atom. The van der Waals surface area contributed by atoms with Crippen LogP contribution in [0.4, 0.5) is 11.6 Å². The fourth-order valence-electron chi connectivity index (χ4n) is 1.02. The lowest BCUT2D eigenvalue weighted by molar-refractivity contribution is 0.265. The van der Waals surface area contributed by atoms with E-state index in [1.54, 1.807) is 12.4 Å². The molecule has 1 aromatic rings. The van der Waals surface area contributed by atoms with E-state index in [-0.39, 0.29) is 6.61 Å². The van der Waals surface area contributed by atoms with E-state index in [0.717, 1.165) is 13.0 Å². The molecule has 1 rings (SSSR count). The van der Waals surface area contributed by atoms with Gasteiger partial charge in [0.25, 0.3) is 0 Å². The third-order valence-corrected chi connectivity index (χ3v) is 1.90. The van der Waals surface area contributed by atoms with Crippen molar-refractivity contribution < 1.29 is 5.11 Å². The van der Waals surface area contributed by atoms with Crippen molar-refractivity contribution in [2.45, 2.75) is 13.3 Å². The Morgan fingerprint density at radius 3 is 2.71 bits per heavy atom. The van der Waals surface area contributed by atoms with Gasteiger partial charge in [-0.15, -0.1) is 0 Å². The van der Waals surface area contributed by atoms with E-state index in [9.17, 15) is 0 Å². The molecule has 0 saturated heterocycles. The quantitative estimate of drug-likeness (QED) is 0.638. The lowest BCUT2D eigenvalue weighted by atomic mass is 10.1. The van der Waals surface area contributed by atoms with Crippen LogP contribution in [0.3, 0.4) is 0 Å². The van der Waals surface area contributed by atoms with Crippen molar-refractivity contribution in [1.82, 2.24) is 9.97 Å². The Bertz CT molecular complexity index is 262. The van der Waals surface area contributed by atoms with Crippen LogP contribution >= 0.6 is 0 Å². The number of rotatable bonds is 5. The van der Waals surface area contributed by atoms with Gasteiger partial charge >= 0.3 is 0 Å². The predicted molar refractivity (Wildman–Crippen MR) is 55.8 cm³/mol. The van der Waals surface area contributed by atoms with E-state index in [1.807, 2.05) is 0 Å². The van der Waals surface area contributed by atoms with Gasteiger partial charge in [-0.05, 0) is 12.3 Å². The van der Waals surface area contributed by atoms with Gasteiger partial charge in [0.05, 0.1) is 18.1 Å². The Morgan fingerprint density at radius 1 is 1.50 bits per heavy atom. The van der Waals surface area contributed by atoms with E-state index >= 15 is 0 Å². The van der Waals surface area contributed by atoms with Crippen LogP contribution in [0.2, 0.25) is 0 Å². The van der Waals surface area contributed by atoms with Crippen LogP contribution in [0.15, 0.2) is 12.4 Å². The minimum Gasteiger partial charge on any atom is -0.396 e. The lowest BCUT2D eigenvalue weighted by Gasteiger charge is -2.10. The number of hydrogen-bond donors (Lipinski definition) is 3. The van der Waals surface area contributed by atoms with Crippen molar-refractivity contribution in [3.8, 4) is 0 Å². The molecule has 14 heavy (non-hydrogen) atoms. The fourth-order valence-corrected chi connectivity index (χ4v) is 1.02. The van der Waals surface area contributed by atoms with Crippen LogP contribution in [-0.2, 0) is 0 Å². The zero-order chi connectivity index (χ0) is 10.4. The molecular formula is C9H16N4O. The number of aliphatic hydroxyl groups is 1. The number of nitrogens with one attached hydrogen (secondary N) is 1. The topological polar surface area (TPSA) is 84.1 Å². The highest BCUT2D eigenvalue weighted by molar-refractivity contribution is 5.35. The molecule has 0 fully saturated rings. The second-order valence-electron chi connectivity index (χ2n) is 3.34. The molecule has 1 atom stereocenters. The van der Waals surface area contributed by atoms with Crippen molar-refractivity contribution in [1.29, 1.82) is 0 Å². The molecule has 0 saturated carbocycles. The van der Waals surface area contributed by atoms with Crippen LogP contribution in [0.1, 0.15) is 13.3 Å². The summed E-state index contributed by atoms with van der Waals surface area (Å²) in [6, 6.07) is 0. The third kappa shape index (κ3) is 3.57. The van der Waals surface area contributed by atoms with Gasteiger partial charge in [0.2, 0.25) is 5.95 Å². The van der Waals surface area contributed by atoms with Crippen molar-refractivity contribution in [2.75, 3.05) is 24.2 Å². The van der Waals surface area contributed by atoms with Gasteiger partial charge in [-0.3, -0.25) is 0 Å². The smallest absolute Gasteiger partial charge is 0.222 e. The first-order chi connectivity index (χ1) is 6.72. The van der Waals surface area contributed by atoms with Crippen molar-refractivity contribution in [3.05, 3.63) is 12.4 Å². The Balaban J connectivity index is 2.34. The molecule has 0 aromatic carbocycles. The highest BCUT2D eigenvalue weighted by Gasteiger charge is 2.01. The van der Waals surface area contributed by atoms with E-state index in [2.05, 4.69) is 22.2 Å². The lowest BCUT2D eigenvalue weighted by Crippen LogP contribution is -2.14. The summed E-state index contributed by atoms with van der Waals surface area (Å²) in [5, 5.41) is 11.8. The molecule has 1 aromatic heterocycles. The minimum atomic E-state index is 0.214. The van der Waals surface area contributed by atoms with Gasteiger partial charge in [0.15, 0.2) is 0 Å². The molecular weight excluding hydrogens is 180 g/mol. The van der Waals surface area contributed by atoms with Crippen LogP contribution in [-0.4, -0.2) is 28.2 Å². The molecule has 0 radical (unpaired) electrons. The van der Waals surface area contributed by atoms with Gasteiger partial charge in [0.1, 0.15) is 0 Å². The second-order valence-corrected chi connectivity index (χ2v) is 3.34. The Kier molecular flexibility index (Phi) is 4.12. The summed E-state index contributed by atoms with van der Waals surface area (Å²) in [4.78, 5) is 8.00. The normalized spacial score (nSPS) is 12.4. The molecule has 5 heteroatoms. The summed E-state index contributed by atoms with van der Waals surface area (Å²) in [5.74, 6) is 0.977. The van der Waals surface area contributed by atoms with E-state index in [1.165, 1.54) is 0 Å². The fraction of sp³-hybridized carbons (Fsp3) is 0.556. The van der Waals surface area contributed by atoms with Gasteiger partial charge in [0, 0.05) is 13.2 Å². The first kappa shape index (κ1) is 10.7. The maximum atomic E-state index is 8.69. The maximum absolute atomic E-state index is 8.69. The summed E-state index contributed by atoms with van der Waals surface area (Å²) < 4.78 is 0. The number of nitrogen functional groups attached to an aromatic ring is 1. The first-order valence-corrected chi connectivity index (χ1v) is 4.64. The van der Waals surface area contributed by atoms with Crippen molar-refractivity contribution >= 4 is 11.6 Å². The van der Waals surface area contributed by atoms with Crippen molar-refractivity contribution in [3.63, 3.8) is 0 Å². The average Bonchev–Trinajstić information content (AvgIpc) is 2.17. The van der Waals surface area contributed by atoms with Gasteiger partial charge in [-0.1, -0.05) is 6.92 Å². The van der Waals surface area contributed by atoms with Gasteiger partial charge in [-0.2, -0.15) is 0 Å². The molecule has 0 aliphatic heterocycles. The van der Waals surface area contributed by atoms with E-state index in [0.29, 0.717) is 17.6 Å². The largest absolute Gasteiger partial charge is 0.396 e. The second kappa shape index (κ2) is 5.39. The molecule has 0 aliphatic rings. The van der Waals surface area contributed by atoms with E-state index < -0.39 is 0 Å². The van der Waals surface area contributed by atoms with Gasteiger partial charge < -0.3 is 16.2 Å². The summed E-state index contributed by atoms with van der Waals surface area (Å²) in [5.41, 5.74) is 6.00. The molecule has 1 heterocycles. The predicted octanol–water partition coefficient (Wildman–Crippen LogP) is 0.489. The van der Waals surface area contributed by atoms with E-state index in [4.69, 9.17) is 10.8 Å². The minimum absolute atomic E-state index is 0.214. The highest BCUT2D eigenvalue weighted by atomic mass is 16.3. The van der Waals surface area contributed by atoms with Crippen LogP contribution in [0.25, 0.3) is 0 Å². The number of nitrogens with zero attached hydrogens (tertiary/aromatic N) is 2. The summed E-state index contributed by atoms with van der Waals surface area (Å²) in [6.45, 7) is 3.02. The van der Waals surface area contributed by atoms with Crippen LogP contribution in [0, 0.1) is 5.92 Å². The number of aromatic nitrogens is 2. The van der Waals surface area contributed by atoms with Crippen molar-refractivity contribution in [2.24, 2.45) is 5.92 Å². The highest BCUT2D eigenvalue weighted by Crippen LogP contribution is 2.04. The number of hydrogen-bond acceptors (Lipinski definition) is 5. The standard InChI is InChI=1S/C9H16N4O/c1-7(2-3-14)4-11-9-12-5-8(10)6-13-9/h5-7,14H,2-4,10H2,1H3,(H,11,12,13). The molecule has 5 nitrogen and oxygen atoms in total. The zero-order valence-electron chi connectivity index (χ0n) is 8.27. The van der Waals surface area contributed by atoms with Gasteiger partial charge in [-0.25, -0.2) is 9.97 Å². The SMILES string of the molecule is CC(CCO)CNc1ncc(N)cn1. The summed E-state index contributed by atoms with van der Waals surface area (Å²) >= 11 is 0. The summed E-state index contributed by atoms with van der Waals surface area (Å²) in [6.07, 6.45) is 3.90. The maximum Gasteiger partial charge on any atom is 0.222 e. The van der Waals surface area contributed by atoms with Crippen LogP contribution < -0.4 is 11.1 Å².